The number of allylic oxidation sites excluding steroid dienone is 12. The molecule has 476 valence electrons. The van der Waals surface area contributed by atoms with Gasteiger partial charge in [-0.05, 0) is 89.9 Å². The van der Waals surface area contributed by atoms with Crippen LogP contribution < -0.4 is 0 Å². The SMILES string of the molecule is CC/C=C\C/C=C\C/C=C\C/C=C\CCCCCCCCCCCCCCCCCCCCC(=O)OCC(COC(=O)CCCCCCC/C=C\C/C=C\CCCCC)OC(=O)CCCCCCCCCCCCCCCCCCCC. The summed E-state index contributed by atoms with van der Waals surface area (Å²) in [6.45, 7) is 6.55. The van der Waals surface area contributed by atoms with Crippen LogP contribution in [0.1, 0.15) is 374 Å². The fourth-order valence-corrected chi connectivity index (χ4v) is 10.6. The zero-order valence-electron chi connectivity index (χ0n) is 54.8. The quantitative estimate of drug-likeness (QED) is 0.0261. The summed E-state index contributed by atoms with van der Waals surface area (Å²) in [6.07, 6.45) is 92.2. The minimum absolute atomic E-state index is 0.0741. The third-order valence-corrected chi connectivity index (χ3v) is 15.9. The summed E-state index contributed by atoms with van der Waals surface area (Å²) in [4.78, 5) is 38.4. The van der Waals surface area contributed by atoms with Crippen molar-refractivity contribution in [2.24, 2.45) is 0 Å². The molecule has 0 bridgehead atoms. The molecule has 6 heteroatoms. The summed E-state index contributed by atoms with van der Waals surface area (Å²) >= 11 is 0. The van der Waals surface area contributed by atoms with Gasteiger partial charge in [-0.3, -0.25) is 14.4 Å². The number of ether oxygens (including phenoxy) is 3. The van der Waals surface area contributed by atoms with Crippen molar-refractivity contribution in [1.82, 2.24) is 0 Å². The minimum atomic E-state index is -0.779. The molecule has 0 aromatic rings. The molecule has 1 atom stereocenters. The molecule has 0 heterocycles. The molecule has 6 nitrogen and oxygen atoms in total. The van der Waals surface area contributed by atoms with E-state index in [0.717, 1.165) is 103 Å². The average molecular weight is 1150 g/mol. The molecule has 0 N–H and O–H groups in total. The lowest BCUT2D eigenvalue weighted by Crippen LogP contribution is -2.30. The van der Waals surface area contributed by atoms with Gasteiger partial charge in [-0.15, -0.1) is 0 Å². The normalized spacial score (nSPS) is 12.5. The van der Waals surface area contributed by atoms with E-state index in [4.69, 9.17) is 14.2 Å². The van der Waals surface area contributed by atoms with Crippen LogP contribution in [0.3, 0.4) is 0 Å². The molecule has 0 aliphatic heterocycles. The summed E-state index contributed by atoms with van der Waals surface area (Å²) in [5.41, 5.74) is 0. The van der Waals surface area contributed by atoms with Crippen molar-refractivity contribution in [3.63, 3.8) is 0 Å². The number of esters is 3. The maximum atomic E-state index is 12.9. The first-order chi connectivity index (χ1) is 40.5. The van der Waals surface area contributed by atoms with E-state index in [9.17, 15) is 14.4 Å². The molecule has 0 amide bonds. The van der Waals surface area contributed by atoms with Crippen LogP contribution in [0, 0.1) is 0 Å². The predicted molar refractivity (Wildman–Crippen MR) is 358 cm³/mol. The Hall–Kier alpha value is -3.15. The van der Waals surface area contributed by atoms with Gasteiger partial charge >= 0.3 is 17.9 Å². The summed E-state index contributed by atoms with van der Waals surface area (Å²) < 4.78 is 17.0. The molecular formula is C76H136O6. The highest BCUT2D eigenvalue weighted by atomic mass is 16.6. The van der Waals surface area contributed by atoms with Crippen molar-refractivity contribution in [2.75, 3.05) is 13.2 Å². The topological polar surface area (TPSA) is 78.9 Å². The number of unbranched alkanes of at least 4 members (excludes halogenated alkanes) is 43. The van der Waals surface area contributed by atoms with Crippen molar-refractivity contribution in [3.05, 3.63) is 72.9 Å². The monoisotopic (exact) mass is 1150 g/mol. The first kappa shape index (κ1) is 78.8. The molecule has 0 aliphatic rings. The standard InChI is InChI=1S/C76H136O6/c1-4-7-10-13-16-19-22-25-28-30-32-33-34-35-36-37-38-39-40-41-42-43-44-46-48-51-54-57-60-63-66-69-75(78)81-72-73(71-80-74(77)68-65-62-59-56-53-50-47-27-24-21-18-15-12-9-6-3)82-76(79)70-67-64-61-58-55-52-49-45-31-29-26-23-20-17-14-11-8-5-2/h7,10,16,18-19,21,25,27-28,32-33,47,73H,4-6,8-9,11-15,17,20,22-24,26,29-31,34-46,48-72H2,1-3H3/b10-7-,19-16-,21-18-,28-25-,33-32-,47-27-. The zero-order valence-corrected chi connectivity index (χ0v) is 54.8. The Bertz CT molecular complexity index is 1500. The Morgan fingerprint density at radius 1 is 0.256 bits per heavy atom. The number of rotatable bonds is 66. The maximum absolute atomic E-state index is 12.9. The van der Waals surface area contributed by atoms with Gasteiger partial charge in [0.2, 0.25) is 0 Å². The largest absolute Gasteiger partial charge is 0.462 e. The van der Waals surface area contributed by atoms with E-state index >= 15 is 0 Å². The lowest BCUT2D eigenvalue weighted by molar-refractivity contribution is -0.167. The fourth-order valence-electron chi connectivity index (χ4n) is 10.6. The first-order valence-corrected chi connectivity index (χ1v) is 35.9. The number of carbonyl (C=O) groups is 3. The molecule has 0 rings (SSSR count). The molecule has 0 saturated carbocycles. The summed E-state index contributed by atoms with van der Waals surface area (Å²) in [5, 5.41) is 0. The Kier molecular flexibility index (Phi) is 67.6. The summed E-state index contributed by atoms with van der Waals surface area (Å²) in [5.74, 6) is -0.863. The molecule has 82 heavy (non-hydrogen) atoms. The lowest BCUT2D eigenvalue weighted by atomic mass is 10.0. The fraction of sp³-hybridized carbons (Fsp3) is 0.803. The Morgan fingerprint density at radius 2 is 0.476 bits per heavy atom. The molecule has 0 aromatic carbocycles. The van der Waals surface area contributed by atoms with Gasteiger partial charge in [0.1, 0.15) is 13.2 Å². The number of hydrogen-bond donors (Lipinski definition) is 0. The summed E-state index contributed by atoms with van der Waals surface area (Å²) in [7, 11) is 0. The molecule has 0 spiro atoms. The number of carbonyl (C=O) groups excluding carboxylic acids is 3. The van der Waals surface area contributed by atoms with E-state index in [2.05, 4.69) is 93.7 Å². The highest BCUT2D eigenvalue weighted by Gasteiger charge is 2.19. The average Bonchev–Trinajstić information content (AvgIpc) is 3.47. The van der Waals surface area contributed by atoms with Gasteiger partial charge in [0.05, 0.1) is 0 Å². The van der Waals surface area contributed by atoms with Crippen molar-refractivity contribution >= 4 is 17.9 Å². The zero-order chi connectivity index (χ0) is 59.2. The van der Waals surface area contributed by atoms with E-state index < -0.39 is 6.10 Å². The molecule has 1 unspecified atom stereocenters. The highest BCUT2D eigenvalue weighted by molar-refractivity contribution is 5.71. The van der Waals surface area contributed by atoms with Gasteiger partial charge in [-0.1, -0.05) is 338 Å². The van der Waals surface area contributed by atoms with Gasteiger partial charge < -0.3 is 14.2 Å². The van der Waals surface area contributed by atoms with Crippen LogP contribution in [0.15, 0.2) is 72.9 Å². The van der Waals surface area contributed by atoms with Crippen molar-refractivity contribution in [2.45, 2.75) is 380 Å². The molecule has 0 aliphatic carbocycles. The third-order valence-electron chi connectivity index (χ3n) is 15.9. The van der Waals surface area contributed by atoms with Crippen LogP contribution in [0.5, 0.6) is 0 Å². The van der Waals surface area contributed by atoms with E-state index in [1.807, 2.05) is 0 Å². The molecular weight excluding hydrogens is 1010 g/mol. The minimum Gasteiger partial charge on any atom is -0.462 e. The summed E-state index contributed by atoms with van der Waals surface area (Å²) in [6, 6.07) is 0. The Morgan fingerprint density at radius 3 is 0.768 bits per heavy atom. The van der Waals surface area contributed by atoms with E-state index in [-0.39, 0.29) is 31.1 Å². The predicted octanol–water partition coefficient (Wildman–Crippen LogP) is 24.8. The second-order valence-corrected chi connectivity index (χ2v) is 24.1. The lowest BCUT2D eigenvalue weighted by Gasteiger charge is -2.18. The van der Waals surface area contributed by atoms with Crippen molar-refractivity contribution in [1.29, 1.82) is 0 Å². The van der Waals surface area contributed by atoms with E-state index in [1.165, 1.54) is 231 Å². The second-order valence-electron chi connectivity index (χ2n) is 24.1. The molecule has 0 radical (unpaired) electrons. The van der Waals surface area contributed by atoms with E-state index in [1.54, 1.807) is 0 Å². The van der Waals surface area contributed by atoms with Crippen LogP contribution >= 0.6 is 0 Å². The van der Waals surface area contributed by atoms with E-state index in [0.29, 0.717) is 19.3 Å². The second kappa shape index (κ2) is 70.3. The van der Waals surface area contributed by atoms with Crippen molar-refractivity contribution in [3.8, 4) is 0 Å². The third kappa shape index (κ3) is 67.6. The highest BCUT2D eigenvalue weighted by Crippen LogP contribution is 2.18. The van der Waals surface area contributed by atoms with Gasteiger partial charge in [0.15, 0.2) is 6.10 Å². The van der Waals surface area contributed by atoms with Crippen LogP contribution in [0.4, 0.5) is 0 Å². The first-order valence-electron chi connectivity index (χ1n) is 35.9. The van der Waals surface area contributed by atoms with Gasteiger partial charge in [0.25, 0.3) is 0 Å². The van der Waals surface area contributed by atoms with Gasteiger partial charge in [-0.2, -0.15) is 0 Å². The Balaban J connectivity index is 4.21. The Labute approximate surface area is 510 Å². The maximum Gasteiger partial charge on any atom is 0.306 e. The number of hydrogen-bond acceptors (Lipinski definition) is 6. The van der Waals surface area contributed by atoms with Crippen LogP contribution in [0.2, 0.25) is 0 Å². The smallest absolute Gasteiger partial charge is 0.306 e. The van der Waals surface area contributed by atoms with Crippen LogP contribution in [-0.2, 0) is 28.6 Å². The molecule has 0 saturated heterocycles. The van der Waals surface area contributed by atoms with Gasteiger partial charge in [-0.25, -0.2) is 0 Å². The van der Waals surface area contributed by atoms with Crippen molar-refractivity contribution < 1.29 is 28.6 Å². The molecule has 0 aromatic heterocycles. The van der Waals surface area contributed by atoms with Crippen LogP contribution in [0.25, 0.3) is 0 Å². The molecule has 0 fully saturated rings. The van der Waals surface area contributed by atoms with Gasteiger partial charge in [0, 0.05) is 19.3 Å². The van der Waals surface area contributed by atoms with Crippen LogP contribution in [-0.4, -0.2) is 37.2 Å².